The van der Waals surface area contributed by atoms with Crippen molar-refractivity contribution >= 4 is 58.4 Å². The van der Waals surface area contributed by atoms with Crippen LogP contribution in [0, 0.1) is 17.2 Å². The second-order valence-corrected chi connectivity index (χ2v) is 16.8. The Kier molecular flexibility index (Phi) is 10.2. The number of hydrogen-bond donors (Lipinski definition) is 1. The lowest BCUT2D eigenvalue weighted by molar-refractivity contribution is -0.137. The summed E-state index contributed by atoms with van der Waals surface area (Å²) in [5.41, 5.74) is 3.38. The molecule has 6 heterocycles. The van der Waals surface area contributed by atoms with Crippen LogP contribution in [0.1, 0.15) is 88.0 Å². The smallest absolute Gasteiger partial charge is 0.262 e. The number of fused-ring (bicyclic) bond motifs is 3. The van der Waals surface area contributed by atoms with Crippen molar-refractivity contribution in [2.45, 2.75) is 75.6 Å². The van der Waals surface area contributed by atoms with E-state index in [1.807, 2.05) is 40.1 Å². The van der Waals surface area contributed by atoms with Crippen LogP contribution in [0.25, 0.3) is 0 Å². The van der Waals surface area contributed by atoms with Gasteiger partial charge in [-0.05, 0) is 86.7 Å². The molecule has 6 aliphatic rings. The SMILES string of the molecule is N#Cc1ccc(OC2CC3CCC(C2)N3C(=O)c2ccc(N3CCN(C(=O)C4CCN(c5ccc6c(c5)C(=O)N(C5CCC(=O)NC5=O)C6=O)CC4)CC3)cc2)cc1Cl. The molecule has 0 saturated carbocycles. The molecule has 2 bridgehead atoms. The van der Waals surface area contributed by atoms with Crippen molar-refractivity contribution < 1.29 is 33.5 Å². The molecule has 59 heavy (non-hydrogen) atoms. The molecule has 3 unspecified atom stereocenters. The third kappa shape index (κ3) is 7.26. The lowest BCUT2D eigenvalue weighted by Gasteiger charge is -2.40. The monoisotopic (exact) mass is 817 g/mol. The number of nitrogens with one attached hydrogen (secondary N) is 1. The molecule has 0 aliphatic carbocycles. The molecule has 0 radical (unpaired) electrons. The Morgan fingerprint density at radius 3 is 2.07 bits per heavy atom. The Bertz CT molecular complexity index is 2260. The van der Waals surface area contributed by atoms with Crippen LogP contribution in [0.2, 0.25) is 5.02 Å². The van der Waals surface area contributed by atoms with Gasteiger partial charge in [-0.15, -0.1) is 0 Å². The molecular weight excluding hydrogens is 774 g/mol. The van der Waals surface area contributed by atoms with E-state index in [0.717, 1.165) is 42.0 Å². The van der Waals surface area contributed by atoms with E-state index in [4.69, 9.17) is 16.3 Å². The number of anilines is 2. The summed E-state index contributed by atoms with van der Waals surface area (Å²) in [4.78, 5) is 87.3. The van der Waals surface area contributed by atoms with Crippen molar-refractivity contribution in [2.24, 2.45) is 5.92 Å². The minimum absolute atomic E-state index is 0.0261. The number of carbonyl (C=O) groups is 6. The maximum atomic E-state index is 13.8. The van der Waals surface area contributed by atoms with E-state index in [-0.39, 0.29) is 59.9 Å². The Hall–Kier alpha value is -5.94. The third-order valence-corrected chi connectivity index (χ3v) is 13.3. The van der Waals surface area contributed by atoms with Crippen molar-refractivity contribution in [3.63, 3.8) is 0 Å². The fourth-order valence-corrected chi connectivity index (χ4v) is 10.1. The maximum Gasteiger partial charge on any atom is 0.262 e. The Balaban J connectivity index is 0.745. The van der Waals surface area contributed by atoms with Gasteiger partial charge in [-0.25, -0.2) is 0 Å². The molecule has 9 rings (SSSR count). The summed E-state index contributed by atoms with van der Waals surface area (Å²) >= 11 is 6.22. The molecule has 5 fully saturated rings. The van der Waals surface area contributed by atoms with Gasteiger partial charge in [0.05, 0.1) is 21.7 Å². The van der Waals surface area contributed by atoms with E-state index in [1.54, 1.807) is 30.3 Å². The van der Waals surface area contributed by atoms with E-state index in [1.165, 1.54) is 0 Å². The minimum Gasteiger partial charge on any atom is -0.490 e. The van der Waals surface area contributed by atoms with E-state index in [0.29, 0.717) is 74.0 Å². The van der Waals surface area contributed by atoms with Crippen molar-refractivity contribution in [3.05, 3.63) is 87.9 Å². The molecule has 15 heteroatoms. The van der Waals surface area contributed by atoms with Crippen LogP contribution in [-0.2, 0) is 14.4 Å². The predicted molar refractivity (Wildman–Crippen MR) is 216 cm³/mol. The number of hydrogen-bond acceptors (Lipinski definition) is 10. The Morgan fingerprint density at radius 2 is 1.41 bits per heavy atom. The van der Waals surface area contributed by atoms with Gasteiger partial charge in [0.15, 0.2) is 0 Å². The molecule has 5 saturated heterocycles. The quantitative estimate of drug-likeness (QED) is 0.339. The summed E-state index contributed by atoms with van der Waals surface area (Å²) < 4.78 is 6.25. The lowest BCUT2D eigenvalue weighted by atomic mass is 9.94. The number of benzene rings is 3. The van der Waals surface area contributed by atoms with Gasteiger partial charge in [0.25, 0.3) is 17.7 Å². The molecule has 1 N–H and O–H groups in total. The average Bonchev–Trinajstić information content (AvgIpc) is 3.67. The molecule has 6 aliphatic heterocycles. The summed E-state index contributed by atoms with van der Waals surface area (Å²) in [5.74, 6) is -1.38. The van der Waals surface area contributed by atoms with Crippen molar-refractivity contribution in [2.75, 3.05) is 49.1 Å². The van der Waals surface area contributed by atoms with Crippen LogP contribution < -0.4 is 19.9 Å². The maximum absolute atomic E-state index is 13.8. The van der Waals surface area contributed by atoms with Crippen LogP contribution in [0.15, 0.2) is 60.7 Å². The van der Waals surface area contributed by atoms with Gasteiger partial charge in [-0.3, -0.25) is 39.0 Å². The molecule has 14 nitrogen and oxygen atoms in total. The highest BCUT2D eigenvalue weighted by Gasteiger charge is 2.46. The van der Waals surface area contributed by atoms with E-state index < -0.39 is 29.7 Å². The van der Waals surface area contributed by atoms with Gasteiger partial charge in [-0.1, -0.05) is 11.6 Å². The van der Waals surface area contributed by atoms with Crippen LogP contribution in [0.5, 0.6) is 5.75 Å². The first-order chi connectivity index (χ1) is 28.6. The summed E-state index contributed by atoms with van der Waals surface area (Å²) in [5, 5.41) is 11.8. The van der Waals surface area contributed by atoms with Crippen LogP contribution in [0.3, 0.4) is 0 Å². The molecule has 304 valence electrons. The van der Waals surface area contributed by atoms with E-state index >= 15 is 0 Å². The second kappa shape index (κ2) is 15.7. The number of amides is 6. The molecule has 6 amide bonds. The fraction of sp³-hybridized carbons (Fsp3) is 0.432. The fourth-order valence-electron chi connectivity index (χ4n) is 9.85. The number of rotatable bonds is 7. The highest BCUT2D eigenvalue weighted by molar-refractivity contribution is 6.31. The zero-order chi connectivity index (χ0) is 40.9. The van der Waals surface area contributed by atoms with Gasteiger partial charge in [0.1, 0.15) is 24.0 Å². The molecule has 3 aromatic carbocycles. The van der Waals surface area contributed by atoms with Gasteiger partial charge in [0.2, 0.25) is 17.7 Å². The number of piperazine rings is 1. The minimum atomic E-state index is -1.01. The van der Waals surface area contributed by atoms with Crippen molar-refractivity contribution in [1.29, 1.82) is 5.26 Å². The van der Waals surface area contributed by atoms with Crippen molar-refractivity contribution in [3.8, 4) is 11.8 Å². The zero-order valence-electron chi connectivity index (χ0n) is 32.5. The Labute approximate surface area is 346 Å². The summed E-state index contributed by atoms with van der Waals surface area (Å²) in [7, 11) is 0. The van der Waals surface area contributed by atoms with Gasteiger partial charge < -0.3 is 24.3 Å². The highest BCUT2D eigenvalue weighted by Crippen LogP contribution is 2.39. The molecule has 0 spiro atoms. The van der Waals surface area contributed by atoms with Gasteiger partial charge in [0, 0.05) is 99.5 Å². The number of imide groups is 2. The number of nitriles is 1. The first kappa shape index (κ1) is 38.6. The van der Waals surface area contributed by atoms with E-state index in [9.17, 15) is 34.0 Å². The molecule has 3 atom stereocenters. The molecule has 3 aromatic rings. The number of ether oxygens (including phenoxy) is 1. The van der Waals surface area contributed by atoms with Gasteiger partial charge in [-0.2, -0.15) is 5.26 Å². The second-order valence-electron chi connectivity index (χ2n) is 16.4. The number of halogens is 1. The standard InChI is InChI=1S/C44H44ClN7O7/c45-37-24-33(9-3-28(37)25-46)59-34-21-31-6-7-32(22-34)51(31)42(56)26-1-4-29(5-2-26)49-17-19-50(20-18-49)41(55)27-13-15-48(16-14-27)30-8-10-35-36(23-30)44(58)52(43(35)57)38-11-12-39(53)47-40(38)54/h1-5,8-10,23-24,27,31-32,34,38H,6-7,11-22H2,(H,47,53,54). The average molecular weight is 818 g/mol. The summed E-state index contributed by atoms with van der Waals surface area (Å²) in [6, 6.07) is 19.3. The summed E-state index contributed by atoms with van der Waals surface area (Å²) in [6.07, 6.45) is 4.85. The lowest BCUT2D eigenvalue weighted by Crippen LogP contribution is -2.54. The first-order valence-corrected chi connectivity index (χ1v) is 20.9. The van der Waals surface area contributed by atoms with Crippen LogP contribution in [-0.4, -0.2) is 114 Å². The Morgan fingerprint density at radius 1 is 0.746 bits per heavy atom. The third-order valence-electron chi connectivity index (χ3n) is 13.0. The zero-order valence-corrected chi connectivity index (χ0v) is 33.2. The summed E-state index contributed by atoms with van der Waals surface area (Å²) in [6.45, 7) is 3.86. The highest BCUT2D eigenvalue weighted by atomic mass is 35.5. The van der Waals surface area contributed by atoms with Crippen LogP contribution >= 0.6 is 11.6 Å². The first-order valence-electron chi connectivity index (χ1n) is 20.5. The normalized spacial score (nSPS) is 24.6. The number of nitrogens with zero attached hydrogens (tertiary/aromatic N) is 6. The van der Waals surface area contributed by atoms with E-state index in [2.05, 4.69) is 21.2 Å². The molecule has 0 aromatic heterocycles. The van der Waals surface area contributed by atoms with Gasteiger partial charge >= 0.3 is 0 Å². The number of piperidine rings is 3. The predicted octanol–water partition coefficient (Wildman–Crippen LogP) is 4.39. The largest absolute Gasteiger partial charge is 0.490 e. The topological polar surface area (TPSA) is 164 Å². The van der Waals surface area contributed by atoms with Crippen molar-refractivity contribution in [1.82, 2.24) is 20.0 Å². The molecular formula is C44H44ClN7O7. The van der Waals surface area contributed by atoms with Crippen LogP contribution in [0.4, 0.5) is 11.4 Å². The number of carbonyl (C=O) groups excluding carboxylic acids is 6.